The molecule has 20 heavy (non-hydrogen) atoms. The van der Waals surface area contributed by atoms with E-state index >= 15 is 0 Å². The first-order chi connectivity index (χ1) is 9.44. The molecule has 5 nitrogen and oxygen atoms in total. The molecule has 1 fully saturated rings. The van der Waals surface area contributed by atoms with Crippen molar-refractivity contribution in [2.75, 3.05) is 13.1 Å². The molecule has 0 spiro atoms. The van der Waals surface area contributed by atoms with Gasteiger partial charge in [-0.3, -0.25) is 4.98 Å². The zero-order valence-electron chi connectivity index (χ0n) is 12.4. The Morgan fingerprint density at radius 2 is 2.30 bits per heavy atom. The predicted octanol–water partition coefficient (Wildman–Crippen LogP) is 2.18. The number of pyridine rings is 1. The van der Waals surface area contributed by atoms with Gasteiger partial charge in [0.1, 0.15) is 5.60 Å². The molecule has 1 saturated heterocycles. The lowest BCUT2D eigenvalue weighted by molar-refractivity contribution is 0.0291. The highest BCUT2D eigenvalue weighted by Gasteiger charge is 2.29. The van der Waals surface area contributed by atoms with Crippen LogP contribution in [-0.4, -0.2) is 40.7 Å². The van der Waals surface area contributed by atoms with Crippen LogP contribution in [0.15, 0.2) is 24.4 Å². The second-order valence-electron chi connectivity index (χ2n) is 6.11. The van der Waals surface area contributed by atoms with E-state index in [-0.39, 0.29) is 6.09 Å². The molecule has 0 aliphatic carbocycles. The number of hydrogen-bond acceptors (Lipinski definition) is 4. The number of ether oxygens (including phenoxy) is 1. The van der Waals surface area contributed by atoms with E-state index in [1.807, 2.05) is 39.0 Å². The minimum absolute atomic E-state index is 0.223. The van der Waals surface area contributed by atoms with E-state index in [0.717, 1.165) is 25.2 Å². The Morgan fingerprint density at radius 1 is 1.50 bits per heavy atom. The number of likely N-dealkylation sites (tertiary alicyclic amines) is 1. The van der Waals surface area contributed by atoms with Crippen molar-refractivity contribution in [3.05, 3.63) is 30.1 Å². The standard InChI is InChI=1S/C15H23N3O2/c1-15(2,3)20-14(19)18-9-7-13(11-18)17-10-12-6-4-5-8-16-12/h4-6,8,13,17H,7,9-11H2,1-3H3/t13-/m0/s1. The number of nitrogens with zero attached hydrogens (tertiary/aromatic N) is 2. The van der Waals surface area contributed by atoms with Gasteiger partial charge < -0.3 is 15.0 Å². The molecule has 110 valence electrons. The van der Waals surface area contributed by atoms with E-state index in [0.29, 0.717) is 12.6 Å². The maximum absolute atomic E-state index is 11.9. The third-order valence-corrected chi connectivity index (χ3v) is 3.14. The van der Waals surface area contributed by atoms with Crippen LogP contribution in [-0.2, 0) is 11.3 Å². The van der Waals surface area contributed by atoms with Gasteiger partial charge in [-0.2, -0.15) is 0 Å². The quantitative estimate of drug-likeness (QED) is 0.920. The van der Waals surface area contributed by atoms with Crippen molar-refractivity contribution >= 4 is 6.09 Å². The summed E-state index contributed by atoms with van der Waals surface area (Å²) in [6.45, 7) is 7.83. The number of aromatic nitrogens is 1. The van der Waals surface area contributed by atoms with Crippen LogP contribution in [0.25, 0.3) is 0 Å². The number of nitrogens with one attached hydrogen (secondary N) is 1. The topological polar surface area (TPSA) is 54.5 Å². The molecular weight excluding hydrogens is 254 g/mol. The Balaban J connectivity index is 1.76. The summed E-state index contributed by atoms with van der Waals surface area (Å²) in [5.41, 5.74) is 0.583. The number of hydrogen-bond donors (Lipinski definition) is 1. The summed E-state index contributed by atoms with van der Waals surface area (Å²) in [6.07, 6.45) is 2.52. The van der Waals surface area contributed by atoms with Gasteiger partial charge in [-0.15, -0.1) is 0 Å². The van der Waals surface area contributed by atoms with Crippen molar-refractivity contribution in [3.8, 4) is 0 Å². The van der Waals surface area contributed by atoms with E-state index in [4.69, 9.17) is 4.74 Å². The maximum atomic E-state index is 11.9. The molecule has 0 bridgehead atoms. The second-order valence-corrected chi connectivity index (χ2v) is 6.11. The average Bonchev–Trinajstić information content (AvgIpc) is 2.84. The molecule has 1 aliphatic rings. The van der Waals surface area contributed by atoms with Gasteiger partial charge in [0.25, 0.3) is 0 Å². The van der Waals surface area contributed by atoms with Gasteiger partial charge in [0.2, 0.25) is 0 Å². The Labute approximate surface area is 120 Å². The van der Waals surface area contributed by atoms with Gasteiger partial charge in [-0.25, -0.2) is 4.79 Å². The van der Waals surface area contributed by atoms with Gasteiger partial charge in [0.15, 0.2) is 0 Å². The molecule has 1 N–H and O–H groups in total. The van der Waals surface area contributed by atoms with Crippen molar-refractivity contribution in [3.63, 3.8) is 0 Å². The molecule has 0 radical (unpaired) electrons. The Kier molecular flexibility index (Phi) is 4.60. The van der Waals surface area contributed by atoms with Crippen LogP contribution in [0.2, 0.25) is 0 Å². The molecule has 0 aromatic carbocycles. The zero-order valence-corrected chi connectivity index (χ0v) is 12.4. The first-order valence-corrected chi connectivity index (χ1v) is 7.05. The van der Waals surface area contributed by atoms with Crippen LogP contribution in [0.3, 0.4) is 0 Å². The van der Waals surface area contributed by atoms with Crippen LogP contribution >= 0.6 is 0 Å². The molecule has 1 atom stereocenters. The molecule has 1 aromatic rings. The molecule has 2 rings (SSSR count). The number of carbonyl (C=O) groups excluding carboxylic acids is 1. The summed E-state index contributed by atoms with van der Waals surface area (Å²) >= 11 is 0. The first-order valence-electron chi connectivity index (χ1n) is 7.05. The summed E-state index contributed by atoms with van der Waals surface area (Å²) in [5, 5.41) is 3.43. The lowest BCUT2D eigenvalue weighted by Gasteiger charge is -2.24. The largest absolute Gasteiger partial charge is 0.444 e. The summed E-state index contributed by atoms with van der Waals surface area (Å²) in [7, 11) is 0. The highest BCUT2D eigenvalue weighted by Crippen LogP contribution is 2.15. The van der Waals surface area contributed by atoms with Crippen LogP contribution in [0.5, 0.6) is 0 Å². The number of amides is 1. The van der Waals surface area contributed by atoms with Gasteiger partial charge >= 0.3 is 6.09 Å². The molecule has 2 heterocycles. The highest BCUT2D eigenvalue weighted by molar-refractivity contribution is 5.68. The van der Waals surface area contributed by atoms with Crippen molar-refractivity contribution < 1.29 is 9.53 Å². The third-order valence-electron chi connectivity index (χ3n) is 3.14. The minimum atomic E-state index is -0.434. The Morgan fingerprint density at radius 3 is 2.95 bits per heavy atom. The van der Waals surface area contributed by atoms with Crippen molar-refractivity contribution in [2.45, 2.75) is 45.4 Å². The molecule has 5 heteroatoms. The third kappa shape index (κ3) is 4.49. The van der Waals surface area contributed by atoms with E-state index in [1.54, 1.807) is 11.1 Å². The monoisotopic (exact) mass is 277 g/mol. The van der Waals surface area contributed by atoms with Crippen LogP contribution in [0.4, 0.5) is 4.79 Å². The zero-order chi connectivity index (χ0) is 14.6. The minimum Gasteiger partial charge on any atom is -0.444 e. The van der Waals surface area contributed by atoms with Crippen molar-refractivity contribution in [2.24, 2.45) is 0 Å². The van der Waals surface area contributed by atoms with Crippen LogP contribution in [0.1, 0.15) is 32.9 Å². The summed E-state index contributed by atoms with van der Waals surface area (Å²) in [5.74, 6) is 0. The fraction of sp³-hybridized carbons (Fsp3) is 0.600. The molecule has 1 aromatic heterocycles. The van der Waals surface area contributed by atoms with Gasteiger partial charge in [0, 0.05) is 31.9 Å². The van der Waals surface area contributed by atoms with Crippen LogP contribution in [0, 0.1) is 0 Å². The van der Waals surface area contributed by atoms with E-state index in [9.17, 15) is 4.79 Å². The smallest absolute Gasteiger partial charge is 0.410 e. The SMILES string of the molecule is CC(C)(C)OC(=O)N1CC[C@H](NCc2ccccn2)C1. The van der Waals surface area contributed by atoms with E-state index in [2.05, 4.69) is 10.3 Å². The van der Waals surface area contributed by atoms with E-state index in [1.165, 1.54) is 0 Å². The second kappa shape index (κ2) is 6.22. The Bertz CT molecular complexity index is 442. The molecule has 0 unspecified atom stereocenters. The van der Waals surface area contributed by atoms with Crippen molar-refractivity contribution in [1.82, 2.24) is 15.2 Å². The first kappa shape index (κ1) is 14.8. The predicted molar refractivity (Wildman–Crippen MR) is 77.3 cm³/mol. The maximum Gasteiger partial charge on any atom is 0.410 e. The average molecular weight is 277 g/mol. The summed E-state index contributed by atoms with van der Waals surface area (Å²) in [6, 6.07) is 6.19. The highest BCUT2D eigenvalue weighted by atomic mass is 16.6. The lowest BCUT2D eigenvalue weighted by Crippen LogP contribution is -2.38. The fourth-order valence-corrected chi connectivity index (χ4v) is 2.17. The Hall–Kier alpha value is -1.62. The summed E-state index contributed by atoms with van der Waals surface area (Å²) in [4.78, 5) is 18.0. The molecule has 1 amide bonds. The van der Waals surface area contributed by atoms with Gasteiger partial charge in [-0.1, -0.05) is 6.07 Å². The van der Waals surface area contributed by atoms with Gasteiger partial charge in [-0.05, 0) is 39.3 Å². The van der Waals surface area contributed by atoms with Gasteiger partial charge in [0.05, 0.1) is 5.69 Å². The number of rotatable bonds is 3. The molecular formula is C15H23N3O2. The fourth-order valence-electron chi connectivity index (χ4n) is 2.17. The normalized spacial score (nSPS) is 19.1. The lowest BCUT2D eigenvalue weighted by atomic mass is 10.2. The molecule has 1 aliphatic heterocycles. The van der Waals surface area contributed by atoms with Crippen molar-refractivity contribution in [1.29, 1.82) is 0 Å². The van der Waals surface area contributed by atoms with E-state index < -0.39 is 5.60 Å². The molecule has 0 saturated carbocycles. The van der Waals surface area contributed by atoms with Crippen LogP contribution < -0.4 is 5.32 Å². The number of carbonyl (C=O) groups is 1. The summed E-state index contributed by atoms with van der Waals surface area (Å²) < 4.78 is 5.38.